The van der Waals surface area contributed by atoms with Crippen LogP contribution in [0.5, 0.6) is 0 Å². The maximum atomic E-state index is 12.6. The summed E-state index contributed by atoms with van der Waals surface area (Å²) >= 11 is 0. The van der Waals surface area contributed by atoms with Gasteiger partial charge in [-0.3, -0.25) is 9.48 Å². The van der Waals surface area contributed by atoms with Crippen molar-refractivity contribution < 1.29 is 14.4 Å². The van der Waals surface area contributed by atoms with Gasteiger partial charge in [-0.05, 0) is 32.8 Å². The Hall–Kier alpha value is -2.15. The summed E-state index contributed by atoms with van der Waals surface area (Å²) in [4.78, 5) is 14.4. The van der Waals surface area contributed by atoms with Crippen LogP contribution < -0.4 is 0 Å². The van der Waals surface area contributed by atoms with Gasteiger partial charge in [-0.25, -0.2) is 0 Å². The Balaban J connectivity index is 1.63. The first kappa shape index (κ1) is 17.7. The van der Waals surface area contributed by atoms with E-state index in [2.05, 4.69) is 17.2 Å². The van der Waals surface area contributed by atoms with Crippen molar-refractivity contribution >= 4 is 5.91 Å². The molecule has 1 amide bonds. The van der Waals surface area contributed by atoms with Crippen LogP contribution in [0.4, 0.5) is 0 Å². The lowest BCUT2D eigenvalue weighted by atomic mass is 10.0. The molecule has 2 aromatic rings. The van der Waals surface area contributed by atoms with Crippen LogP contribution in [-0.2, 0) is 24.2 Å². The van der Waals surface area contributed by atoms with Crippen molar-refractivity contribution in [1.29, 1.82) is 0 Å². The number of aromatic nitrogens is 3. The molecule has 0 bridgehead atoms. The highest BCUT2D eigenvalue weighted by Gasteiger charge is 2.35. The van der Waals surface area contributed by atoms with E-state index in [9.17, 15) is 9.90 Å². The minimum Gasteiger partial charge on any atom is -0.391 e. The number of amides is 1. The number of likely N-dealkylation sites (tertiary alicyclic amines) is 1. The maximum Gasteiger partial charge on any atom is 0.244 e. The Morgan fingerprint density at radius 3 is 2.72 bits per heavy atom. The summed E-state index contributed by atoms with van der Waals surface area (Å²) in [5.41, 5.74) is 4.05. The lowest BCUT2D eigenvalue weighted by Gasteiger charge is -2.16. The third-order valence-corrected chi connectivity index (χ3v) is 5.07. The number of β-amino-alcohol motifs (C(OH)–C–C–N with tert-alkyl or cyclic N) is 1. The summed E-state index contributed by atoms with van der Waals surface area (Å²) in [6.07, 6.45) is 0.958. The fourth-order valence-electron chi connectivity index (χ4n) is 3.66. The molecule has 25 heavy (non-hydrogen) atoms. The van der Waals surface area contributed by atoms with Gasteiger partial charge in [-0.15, -0.1) is 0 Å². The summed E-state index contributed by atoms with van der Waals surface area (Å²) in [6.45, 7) is 9.04. The molecule has 1 aliphatic rings. The molecule has 1 saturated heterocycles. The highest BCUT2D eigenvalue weighted by molar-refractivity contribution is 5.76. The zero-order chi connectivity index (χ0) is 18.1. The molecule has 0 saturated carbocycles. The average molecular weight is 346 g/mol. The summed E-state index contributed by atoms with van der Waals surface area (Å²) < 4.78 is 7.01. The molecule has 0 radical (unpaired) electrons. The van der Waals surface area contributed by atoms with E-state index in [4.69, 9.17) is 4.52 Å². The number of nitrogens with zero attached hydrogens (tertiary/aromatic N) is 4. The van der Waals surface area contributed by atoms with Gasteiger partial charge in [-0.2, -0.15) is 5.10 Å². The van der Waals surface area contributed by atoms with Crippen LogP contribution >= 0.6 is 0 Å². The van der Waals surface area contributed by atoms with E-state index in [0.29, 0.717) is 19.5 Å². The molecule has 1 fully saturated rings. The Morgan fingerprint density at radius 2 is 2.12 bits per heavy atom. The number of aliphatic hydroxyl groups is 1. The minimum absolute atomic E-state index is 0.0106. The Kier molecular flexibility index (Phi) is 4.94. The Morgan fingerprint density at radius 1 is 1.36 bits per heavy atom. The smallest absolute Gasteiger partial charge is 0.244 e. The third kappa shape index (κ3) is 3.61. The zero-order valence-electron chi connectivity index (χ0n) is 15.3. The maximum absolute atomic E-state index is 12.6. The number of hydrogen-bond acceptors (Lipinski definition) is 5. The number of carbonyl (C=O) groups excluding carboxylic acids is 1. The highest BCUT2D eigenvalue weighted by Crippen LogP contribution is 2.23. The standard InChI is InChI=1S/C18H26N4O3/c1-5-16-12(3)19-22(13(16)4)10-18(24)21-8-14(17(23)9-21)7-15-6-11(2)20-25-15/h6,14,17,23H,5,7-10H2,1-4H3/t14-,17-/m1/s1. The summed E-state index contributed by atoms with van der Waals surface area (Å²) in [7, 11) is 0. The van der Waals surface area contributed by atoms with Crippen LogP contribution in [-0.4, -0.2) is 50.0 Å². The molecule has 7 heteroatoms. The van der Waals surface area contributed by atoms with E-state index in [1.807, 2.05) is 26.8 Å². The fourth-order valence-corrected chi connectivity index (χ4v) is 3.66. The molecule has 2 aromatic heterocycles. The van der Waals surface area contributed by atoms with Gasteiger partial charge in [-0.1, -0.05) is 12.1 Å². The first-order chi connectivity index (χ1) is 11.9. The van der Waals surface area contributed by atoms with Gasteiger partial charge < -0.3 is 14.5 Å². The van der Waals surface area contributed by atoms with E-state index in [1.54, 1.807) is 9.58 Å². The second-order valence-corrected chi connectivity index (χ2v) is 6.93. The van der Waals surface area contributed by atoms with Gasteiger partial charge >= 0.3 is 0 Å². The Labute approximate surface area is 147 Å². The average Bonchev–Trinajstić information content (AvgIpc) is 3.20. The van der Waals surface area contributed by atoms with Crippen molar-refractivity contribution in [2.45, 2.75) is 53.2 Å². The quantitative estimate of drug-likeness (QED) is 0.885. The topological polar surface area (TPSA) is 84.4 Å². The number of rotatable bonds is 5. The van der Waals surface area contributed by atoms with E-state index < -0.39 is 6.10 Å². The van der Waals surface area contributed by atoms with Crippen LogP contribution in [0.3, 0.4) is 0 Å². The molecule has 2 atom stereocenters. The number of carbonyl (C=O) groups is 1. The van der Waals surface area contributed by atoms with Crippen LogP contribution in [0, 0.1) is 26.7 Å². The first-order valence-corrected chi connectivity index (χ1v) is 8.80. The molecule has 0 spiro atoms. The zero-order valence-corrected chi connectivity index (χ0v) is 15.3. The molecule has 1 N–H and O–H groups in total. The van der Waals surface area contributed by atoms with Crippen molar-refractivity contribution in [3.05, 3.63) is 34.5 Å². The summed E-state index contributed by atoms with van der Waals surface area (Å²) in [6, 6.07) is 1.87. The predicted octanol–water partition coefficient (Wildman–Crippen LogP) is 1.42. The van der Waals surface area contributed by atoms with E-state index in [0.717, 1.165) is 29.3 Å². The molecule has 0 aliphatic carbocycles. The highest BCUT2D eigenvalue weighted by atomic mass is 16.5. The van der Waals surface area contributed by atoms with Gasteiger partial charge in [0.25, 0.3) is 0 Å². The summed E-state index contributed by atoms with van der Waals surface area (Å²) in [5, 5.41) is 18.7. The van der Waals surface area contributed by atoms with E-state index in [-0.39, 0.29) is 18.4 Å². The second kappa shape index (κ2) is 7.00. The van der Waals surface area contributed by atoms with Crippen molar-refractivity contribution in [1.82, 2.24) is 19.8 Å². The molecule has 7 nitrogen and oxygen atoms in total. The Bertz CT molecular complexity index is 764. The molecular weight excluding hydrogens is 320 g/mol. The predicted molar refractivity (Wildman–Crippen MR) is 92.1 cm³/mol. The lowest BCUT2D eigenvalue weighted by molar-refractivity contribution is -0.131. The molecular formula is C18H26N4O3. The number of aliphatic hydroxyl groups excluding tert-OH is 1. The van der Waals surface area contributed by atoms with Gasteiger partial charge in [0.1, 0.15) is 12.3 Å². The van der Waals surface area contributed by atoms with Crippen molar-refractivity contribution in [3.8, 4) is 0 Å². The minimum atomic E-state index is -0.541. The van der Waals surface area contributed by atoms with Gasteiger partial charge in [0.15, 0.2) is 0 Å². The van der Waals surface area contributed by atoms with E-state index in [1.165, 1.54) is 5.56 Å². The van der Waals surface area contributed by atoms with Gasteiger partial charge in [0, 0.05) is 37.2 Å². The molecule has 1 aliphatic heterocycles. The molecule has 136 valence electrons. The van der Waals surface area contributed by atoms with Crippen LogP contribution in [0.25, 0.3) is 0 Å². The molecule has 3 rings (SSSR count). The first-order valence-electron chi connectivity index (χ1n) is 8.80. The van der Waals surface area contributed by atoms with E-state index >= 15 is 0 Å². The lowest BCUT2D eigenvalue weighted by Crippen LogP contribution is -2.33. The largest absolute Gasteiger partial charge is 0.391 e. The summed E-state index contributed by atoms with van der Waals surface area (Å²) in [5.74, 6) is 0.716. The number of aryl methyl sites for hydroxylation is 2. The van der Waals surface area contributed by atoms with Crippen molar-refractivity contribution in [2.24, 2.45) is 5.92 Å². The number of hydrogen-bond donors (Lipinski definition) is 1. The van der Waals surface area contributed by atoms with Gasteiger partial charge in [0.05, 0.1) is 17.5 Å². The second-order valence-electron chi connectivity index (χ2n) is 6.93. The molecule has 3 heterocycles. The van der Waals surface area contributed by atoms with Crippen LogP contribution in [0.1, 0.15) is 35.3 Å². The van der Waals surface area contributed by atoms with Crippen molar-refractivity contribution in [2.75, 3.05) is 13.1 Å². The monoisotopic (exact) mass is 346 g/mol. The van der Waals surface area contributed by atoms with Crippen LogP contribution in [0.2, 0.25) is 0 Å². The van der Waals surface area contributed by atoms with Crippen molar-refractivity contribution in [3.63, 3.8) is 0 Å². The fraction of sp³-hybridized carbons (Fsp3) is 0.611. The van der Waals surface area contributed by atoms with Crippen LogP contribution in [0.15, 0.2) is 10.6 Å². The molecule has 0 aromatic carbocycles. The SMILES string of the molecule is CCc1c(C)nn(CC(=O)N2C[C@@H](Cc3cc(C)no3)[C@H](O)C2)c1C. The van der Waals surface area contributed by atoms with Gasteiger partial charge in [0.2, 0.25) is 5.91 Å². The molecule has 0 unspecified atom stereocenters. The third-order valence-electron chi connectivity index (χ3n) is 5.07. The normalized spacial score (nSPS) is 20.4.